The fraction of sp³-hybridized carbons (Fsp3) is 0.417. The third kappa shape index (κ3) is 2.64. The van der Waals surface area contributed by atoms with Crippen molar-refractivity contribution in [2.24, 2.45) is 5.92 Å². The summed E-state index contributed by atoms with van der Waals surface area (Å²) < 4.78 is 23.8. The standard InChI is InChI=1S/C12H17NO4S/c1-4-6-9-7-10(12(14)15)8(3)13(18(16)17)11(9)5-2/h4-6,8,10,18H,1,7H2,2-3H3,(H,14,15)/b9-6-,11-5+/t8-,10?/m1/s1. The molecule has 0 spiro atoms. The fourth-order valence-corrected chi connectivity index (χ4v) is 3.07. The van der Waals surface area contributed by atoms with Crippen molar-refractivity contribution in [2.75, 3.05) is 0 Å². The van der Waals surface area contributed by atoms with Crippen LogP contribution in [0.25, 0.3) is 0 Å². The van der Waals surface area contributed by atoms with E-state index in [1.165, 1.54) is 6.08 Å². The van der Waals surface area contributed by atoms with E-state index < -0.39 is 28.8 Å². The molecule has 0 aromatic rings. The van der Waals surface area contributed by atoms with Crippen molar-refractivity contribution in [3.63, 3.8) is 0 Å². The highest BCUT2D eigenvalue weighted by Gasteiger charge is 2.38. The number of hydrogen-bond acceptors (Lipinski definition) is 3. The summed E-state index contributed by atoms with van der Waals surface area (Å²) in [4.78, 5) is 11.2. The third-order valence-corrected chi connectivity index (χ3v) is 4.00. The number of piperidine rings is 1. The van der Waals surface area contributed by atoms with Crippen LogP contribution in [0.2, 0.25) is 0 Å². The van der Waals surface area contributed by atoms with E-state index in [-0.39, 0.29) is 0 Å². The number of hydrogen-bond donors (Lipinski definition) is 2. The molecule has 0 aromatic carbocycles. The van der Waals surface area contributed by atoms with Gasteiger partial charge in [0.15, 0.2) is 0 Å². The minimum absolute atomic E-state index is 0.307. The average Bonchev–Trinajstić information content (AvgIpc) is 2.29. The largest absolute Gasteiger partial charge is 0.481 e. The summed E-state index contributed by atoms with van der Waals surface area (Å²) in [6.45, 7) is 6.90. The van der Waals surface area contributed by atoms with Crippen LogP contribution in [-0.2, 0) is 15.7 Å². The molecule has 1 heterocycles. The smallest absolute Gasteiger partial charge is 0.308 e. The van der Waals surface area contributed by atoms with E-state index in [4.69, 9.17) is 5.11 Å². The van der Waals surface area contributed by atoms with Crippen LogP contribution in [0.15, 0.2) is 36.1 Å². The first-order chi connectivity index (χ1) is 8.43. The van der Waals surface area contributed by atoms with Gasteiger partial charge in [0.1, 0.15) is 0 Å². The zero-order valence-electron chi connectivity index (χ0n) is 10.4. The minimum atomic E-state index is -2.87. The Morgan fingerprint density at radius 2 is 2.17 bits per heavy atom. The van der Waals surface area contributed by atoms with Gasteiger partial charge in [-0.05, 0) is 25.8 Å². The number of nitrogens with zero attached hydrogens (tertiary/aromatic N) is 1. The Bertz CT molecular complexity index is 482. The molecule has 18 heavy (non-hydrogen) atoms. The predicted molar refractivity (Wildman–Crippen MR) is 69.4 cm³/mol. The van der Waals surface area contributed by atoms with Crippen molar-refractivity contribution in [3.05, 3.63) is 36.1 Å². The van der Waals surface area contributed by atoms with Crippen molar-refractivity contribution in [1.82, 2.24) is 4.31 Å². The van der Waals surface area contributed by atoms with Gasteiger partial charge in [-0.15, -0.1) is 0 Å². The van der Waals surface area contributed by atoms with Crippen molar-refractivity contribution in [1.29, 1.82) is 0 Å². The normalized spacial score (nSPS) is 28.9. The van der Waals surface area contributed by atoms with Gasteiger partial charge in [0.05, 0.1) is 17.7 Å². The highest BCUT2D eigenvalue weighted by molar-refractivity contribution is 7.70. The molecule has 1 saturated heterocycles. The molecule has 0 bridgehead atoms. The number of thiol groups is 1. The number of rotatable bonds is 3. The maximum Gasteiger partial charge on any atom is 0.308 e. The number of carboxylic acid groups (broad SMARTS) is 1. The molecule has 1 rings (SSSR count). The van der Waals surface area contributed by atoms with E-state index in [1.807, 2.05) is 0 Å². The van der Waals surface area contributed by atoms with E-state index in [9.17, 15) is 13.2 Å². The second-order valence-corrected chi connectivity index (χ2v) is 4.98. The molecule has 1 N–H and O–H groups in total. The SMILES string of the molecule is C=C/C=C1/CC(C(=O)O)[C@@H](C)N([SH](=O)=O)/C1=C/C. The number of carboxylic acids is 1. The molecule has 6 heteroatoms. The van der Waals surface area contributed by atoms with Gasteiger partial charge < -0.3 is 5.11 Å². The highest BCUT2D eigenvalue weighted by atomic mass is 32.2. The van der Waals surface area contributed by atoms with E-state index in [1.54, 1.807) is 26.0 Å². The van der Waals surface area contributed by atoms with Crippen LogP contribution in [0.5, 0.6) is 0 Å². The van der Waals surface area contributed by atoms with Gasteiger partial charge in [-0.25, -0.2) is 8.42 Å². The van der Waals surface area contributed by atoms with Crippen LogP contribution >= 0.6 is 0 Å². The Labute approximate surface area is 108 Å². The summed E-state index contributed by atoms with van der Waals surface area (Å²) in [5.41, 5.74) is 1.22. The van der Waals surface area contributed by atoms with Gasteiger partial charge >= 0.3 is 5.97 Å². The molecule has 1 aliphatic heterocycles. The van der Waals surface area contributed by atoms with Crippen molar-refractivity contribution in [3.8, 4) is 0 Å². The second kappa shape index (κ2) is 5.86. The molecule has 5 nitrogen and oxygen atoms in total. The van der Waals surface area contributed by atoms with Gasteiger partial charge in [-0.2, -0.15) is 0 Å². The summed E-state index contributed by atoms with van der Waals surface area (Å²) in [6, 6.07) is -0.586. The lowest BCUT2D eigenvalue weighted by molar-refractivity contribution is -0.143. The number of carbonyl (C=O) groups is 1. The molecule has 1 fully saturated rings. The number of aliphatic carboxylic acids is 1. The Morgan fingerprint density at radius 1 is 1.56 bits per heavy atom. The van der Waals surface area contributed by atoms with Gasteiger partial charge in [0, 0.05) is 0 Å². The third-order valence-electron chi connectivity index (χ3n) is 3.07. The summed E-state index contributed by atoms with van der Waals surface area (Å²) in [5.74, 6) is -1.73. The molecule has 0 radical (unpaired) electrons. The topological polar surface area (TPSA) is 74.7 Å². The summed E-state index contributed by atoms with van der Waals surface area (Å²) in [7, 11) is -2.87. The molecule has 100 valence electrons. The lowest BCUT2D eigenvalue weighted by Crippen LogP contribution is -2.45. The second-order valence-electron chi connectivity index (χ2n) is 4.07. The lowest BCUT2D eigenvalue weighted by atomic mass is 9.86. The molecule has 1 aliphatic rings. The van der Waals surface area contributed by atoms with Gasteiger partial charge in [-0.1, -0.05) is 24.8 Å². The molecular formula is C12H17NO4S. The molecular weight excluding hydrogens is 254 g/mol. The van der Waals surface area contributed by atoms with Crippen molar-refractivity contribution in [2.45, 2.75) is 26.3 Å². The van der Waals surface area contributed by atoms with Crippen LogP contribution in [0.1, 0.15) is 20.3 Å². The maximum absolute atomic E-state index is 11.3. The first kappa shape index (κ1) is 14.5. The van der Waals surface area contributed by atoms with Gasteiger partial charge in [0.2, 0.25) is 10.9 Å². The monoisotopic (exact) mass is 271 g/mol. The highest BCUT2D eigenvalue weighted by Crippen LogP contribution is 2.35. The Kier molecular flexibility index (Phi) is 4.72. The van der Waals surface area contributed by atoms with Gasteiger partial charge in [-0.3, -0.25) is 9.10 Å². The zero-order valence-corrected chi connectivity index (χ0v) is 11.3. The average molecular weight is 271 g/mol. The fourth-order valence-electron chi connectivity index (χ4n) is 2.19. The van der Waals surface area contributed by atoms with Crippen LogP contribution < -0.4 is 0 Å². The predicted octanol–water partition coefficient (Wildman–Crippen LogP) is 1.32. The molecule has 0 saturated carbocycles. The van der Waals surface area contributed by atoms with Crippen LogP contribution in [0.4, 0.5) is 0 Å². The van der Waals surface area contributed by atoms with E-state index in [0.29, 0.717) is 17.7 Å². The summed E-state index contributed by atoms with van der Waals surface area (Å²) >= 11 is 0. The Hall–Kier alpha value is -1.56. The first-order valence-corrected chi connectivity index (χ1v) is 6.71. The quantitative estimate of drug-likeness (QED) is 0.759. The maximum atomic E-state index is 11.3. The molecule has 2 atom stereocenters. The minimum Gasteiger partial charge on any atom is -0.481 e. The Balaban J connectivity index is 3.32. The van der Waals surface area contributed by atoms with Crippen molar-refractivity contribution >= 4 is 16.9 Å². The lowest BCUT2D eigenvalue weighted by Gasteiger charge is -2.38. The summed E-state index contributed by atoms with van der Waals surface area (Å²) in [5, 5.41) is 9.16. The molecule has 1 unspecified atom stereocenters. The molecule has 0 aliphatic carbocycles. The van der Waals surface area contributed by atoms with Crippen LogP contribution in [0, 0.1) is 5.92 Å². The van der Waals surface area contributed by atoms with E-state index in [0.717, 1.165) is 4.31 Å². The van der Waals surface area contributed by atoms with E-state index in [2.05, 4.69) is 6.58 Å². The van der Waals surface area contributed by atoms with E-state index >= 15 is 0 Å². The Morgan fingerprint density at radius 3 is 2.56 bits per heavy atom. The van der Waals surface area contributed by atoms with Crippen LogP contribution in [0.3, 0.4) is 0 Å². The van der Waals surface area contributed by atoms with Crippen molar-refractivity contribution < 1.29 is 18.3 Å². The molecule has 0 aromatic heterocycles. The molecule has 0 amide bonds. The van der Waals surface area contributed by atoms with Crippen LogP contribution in [-0.4, -0.2) is 29.8 Å². The van der Waals surface area contributed by atoms with Gasteiger partial charge in [0.25, 0.3) is 0 Å². The summed E-state index contributed by atoms with van der Waals surface area (Å²) in [6.07, 6.45) is 5.17. The zero-order chi connectivity index (χ0) is 13.9. The first-order valence-electron chi connectivity index (χ1n) is 5.58. The number of allylic oxidation sites excluding steroid dienone is 4.